The highest BCUT2D eigenvalue weighted by atomic mass is 35.5. The summed E-state index contributed by atoms with van der Waals surface area (Å²) in [5, 5.41) is 4.82. The molecule has 2 rings (SSSR count). The van der Waals surface area contributed by atoms with Gasteiger partial charge in [0.1, 0.15) is 0 Å². The fourth-order valence-corrected chi connectivity index (χ4v) is 3.15. The summed E-state index contributed by atoms with van der Waals surface area (Å²) in [5.41, 5.74) is 1.19. The number of halogens is 1. The van der Waals surface area contributed by atoms with Crippen LogP contribution in [0.15, 0.2) is 36.7 Å². The number of hydrogen-bond acceptors (Lipinski definition) is 4. The van der Waals surface area contributed by atoms with Crippen molar-refractivity contribution >= 4 is 23.5 Å². The number of hydrogen-bond donors (Lipinski definition) is 0. The van der Waals surface area contributed by atoms with Crippen molar-refractivity contribution in [3.05, 3.63) is 52.8 Å². The minimum absolute atomic E-state index is 0.0250. The van der Waals surface area contributed by atoms with Crippen LogP contribution in [0.5, 0.6) is 0 Å². The molecular weight excluding hydrogens is 366 g/mol. The van der Waals surface area contributed by atoms with Crippen LogP contribution >= 0.6 is 11.6 Å². The van der Waals surface area contributed by atoms with Gasteiger partial charge in [-0.2, -0.15) is 5.10 Å². The molecule has 0 bridgehead atoms. The Morgan fingerprint density at radius 2 is 1.78 bits per heavy atom. The third-order valence-electron chi connectivity index (χ3n) is 4.16. The Labute approximate surface area is 165 Å². The fourth-order valence-electron chi connectivity index (χ4n) is 2.95. The maximum Gasteiger partial charge on any atom is 0.342 e. The van der Waals surface area contributed by atoms with E-state index in [1.54, 1.807) is 28.8 Å². The van der Waals surface area contributed by atoms with E-state index in [0.29, 0.717) is 17.1 Å². The van der Waals surface area contributed by atoms with Gasteiger partial charge in [-0.3, -0.25) is 9.48 Å². The predicted octanol–water partition coefficient (Wildman–Crippen LogP) is 3.78. The van der Waals surface area contributed by atoms with Crippen molar-refractivity contribution in [2.24, 2.45) is 0 Å². The van der Waals surface area contributed by atoms with Crippen LogP contribution in [-0.4, -0.2) is 44.7 Å². The number of carbonyl (C=O) groups is 2. The van der Waals surface area contributed by atoms with Crippen molar-refractivity contribution < 1.29 is 14.3 Å². The Hall–Kier alpha value is -2.34. The summed E-state index contributed by atoms with van der Waals surface area (Å²) in [4.78, 5) is 26.7. The maximum absolute atomic E-state index is 12.6. The lowest BCUT2D eigenvalue weighted by molar-refractivity contribution is -0.143. The van der Waals surface area contributed by atoms with Crippen LogP contribution < -0.4 is 0 Å². The standard InChI is InChI=1S/C20H26ClN3O3/c1-13(2)24(14(3)4)19(25)15(5)27-20(26)17-10-22-23(12-17)11-16-8-6-7-9-18(16)21/h6-10,12-15H,11H2,1-5H3. The van der Waals surface area contributed by atoms with Crippen molar-refractivity contribution in [1.82, 2.24) is 14.7 Å². The lowest BCUT2D eigenvalue weighted by atomic mass is 10.2. The molecule has 0 N–H and O–H groups in total. The van der Waals surface area contributed by atoms with Crippen LogP contribution in [0.3, 0.4) is 0 Å². The molecule has 1 aromatic heterocycles. The first-order chi connectivity index (χ1) is 12.7. The first-order valence-corrected chi connectivity index (χ1v) is 9.37. The average molecular weight is 392 g/mol. The molecule has 1 unspecified atom stereocenters. The van der Waals surface area contributed by atoms with Crippen LogP contribution in [0.1, 0.15) is 50.5 Å². The Morgan fingerprint density at radius 3 is 2.37 bits per heavy atom. The van der Waals surface area contributed by atoms with Gasteiger partial charge in [0.2, 0.25) is 0 Å². The molecule has 0 saturated carbocycles. The average Bonchev–Trinajstić information content (AvgIpc) is 3.05. The summed E-state index contributed by atoms with van der Waals surface area (Å²) in [6, 6.07) is 7.50. The van der Waals surface area contributed by atoms with Crippen molar-refractivity contribution in [3.63, 3.8) is 0 Å². The molecule has 0 aliphatic rings. The summed E-state index contributed by atoms with van der Waals surface area (Å²) in [7, 11) is 0. The minimum Gasteiger partial charge on any atom is -0.449 e. The molecule has 146 valence electrons. The molecule has 0 saturated heterocycles. The van der Waals surface area contributed by atoms with E-state index >= 15 is 0 Å². The maximum atomic E-state index is 12.6. The summed E-state index contributed by atoms with van der Waals surface area (Å²) in [6.07, 6.45) is 2.15. The molecule has 7 heteroatoms. The molecule has 6 nitrogen and oxygen atoms in total. The molecular formula is C20H26ClN3O3. The highest BCUT2D eigenvalue weighted by Gasteiger charge is 2.28. The minimum atomic E-state index is -0.866. The highest BCUT2D eigenvalue weighted by molar-refractivity contribution is 6.31. The number of aromatic nitrogens is 2. The molecule has 1 amide bonds. The molecule has 1 heterocycles. The lowest BCUT2D eigenvalue weighted by Gasteiger charge is -2.32. The third-order valence-corrected chi connectivity index (χ3v) is 4.53. The second-order valence-corrected chi connectivity index (χ2v) is 7.41. The number of esters is 1. The fraction of sp³-hybridized carbons (Fsp3) is 0.450. The summed E-state index contributed by atoms with van der Waals surface area (Å²) in [5.74, 6) is -0.787. The van der Waals surface area contributed by atoms with E-state index in [9.17, 15) is 9.59 Å². The van der Waals surface area contributed by atoms with Gasteiger partial charge in [-0.15, -0.1) is 0 Å². The third kappa shape index (κ3) is 5.32. The Kier molecular flexibility index (Phi) is 7.02. The molecule has 0 aliphatic carbocycles. The molecule has 1 aromatic carbocycles. The van der Waals surface area contributed by atoms with Gasteiger partial charge in [0, 0.05) is 23.3 Å². The van der Waals surface area contributed by atoms with Crippen LogP contribution in [0.4, 0.5) is 0 Å². The zero-order chi connectivity index (χ0) is 20.1. The number of nitrogens with zero attached hydrogens (tertiary/aromatic N) is 3. The lowest BCUT2D eigenvalue weighted by Crippen LogP contribution is -2.47. The zero-order valence-corrected chi connectivity index (χ0v) is 17.1. The first kappa shape index (κ1) is 21.0. The number of benzene rings is 1. The zero-order valence-electron chi connectivity index (χ0n) is 16.3. The molecule has 0 aliphatic heterocycles. The van der Waals surface area contributed by atoms with E-state index in [4.69, 9.17) is 16.3 Å². The number of carbonyl (C=O) groups excluding carboxylic acids is 2. The highest BCUT2D eigenvalue weighted by Crippen LogP contribution is 2.16. The summed E-state index contributed by atoms with van der Waals surface area (Å²) < 4.78 is 6.97. The largest absolute Gasteiger partial charge is 0.449 e. The van der Waals surface area contributed by atoms with Gasteiger partial charge in [-0.25, -0.2) is 4.79 Å². The number of amides is 1. The smallest absolute Gasteiger partial charge is 0.342 e. The van der Waals surface area contributed by atoms with Crippen molar-refractivity contribution in [2.75, 3.05) is 0 Å². The molecule has 1 atom stereocenters. The van der Waals surface area contributed by atoms with Gasteiger partial charge in [-0.05, 0) is 46.2 Å². The summed E-state index contributed by atoms with van der Waals surface area (Å²) >= 11 is 6.15. The van der Waals surface area contributed by atoms with Crippen molar-refractivity contribution in [1.29, 1.82) is 0 Å². The van der Waals surface area contributed by atoms with Crippen LogP contribution in [0.25, 0.3) is 0 Å². The quantitative estimate of drug-likeness (QED) is 0.674. The van der Waals surface area contributed by atoms with E-state index in [1.807, 2.05) is 45.9 Å². The van der Waals surface area contributed by atoms with E-state index in [1.165, 1.54) is 6.20 Å². The molecule has 2 aromatic rings. The van der Waals surface area contributed by atoms with Crippen molar-refractivity contribution in [2.45, 2.75) is 59.4 Å². The molecule has 0 spiro atoms. The van der Waals surface area contributed by atoms with E-state index in [2.05, 4.69) is 5.10 Å². The predicted molar refractivity (Wildman–Crippen MR) is 105 cm³/mol. The molecule has 27 heavy (non-hydrogen) atoms. The van der Waals surface area contributed by atoms with Gasteiger partial charge in [-0.1, -0.05) is 29.8 Å². The Bertz CT molecular complexity index is 793. The van der Waals surface area contributed by atoms with Gasteiger partial charge in [0.05, 0.1) is 18.3 Å². The second-order valence-electron chi connectivity index (χ2n) is 7.00. The van der Waals surface area contributed by atoms with Gasteiger partial charge >= 0.3 is 5.97 Å². The van der Waals surface area contributed by atoms with Gasteiger partial charge in [0.25, 0.3) is 5.91 Å². The van der Waals surface area contributed by atoms with Crippen LogP contribution in [0.2, 0.25) is 5.02 Å². The molecule has 0 fully saturated rings. The molecule has 0 radical (unpaired) electrons. The first-order valence-electron chi connectivity index (χ1n) is 8.99. The normalized spacial score (nSPS) is 12.3. The van der Waals surface area contributed by atoms with E-state index < -0.39 is 12.1 Å². The van der Waals surface area contributed by atoms with E-state index in [0.717, 1.165) is 5.56 Å². The summed E-state index contributed by atoms with van der Waals surface area (Å²) in [6.45, 7) is 9.77. The second kappa shape index (κ2) is 9.04. The topological polar surface area (TPSA) is 64.4 Å². The van der Waals surface area contributed by atoms with Crippen LogP contribution in [0, 0.1) is 0 Å². The Balaban J connectivity index is 2.03. The Morgan fingerprint density at radius 1 is 1.15 bits per heavy atom. The van der Waals surface area contributed by atoms with E-state index in [-0.39, 0.29) is 18.0 Å². The van der Waals surface area contributed by atoms with Crippen molar-refractivity contribution in [3.8, 4) is 0 Å². The van der Waals surface area contributed by atoms with Crippen LogP contribution in [-0.2, 0) is 16.1 Å². The monoisotopic (exact) mass is 391 g/mol. The van der Waals surface area contributed by atoms with Gasteiger partial charge < -0.3 is 9.64 Å². The number of ether oxygens (including phenoxy) is 1. The number of rotatable bonds is 7. The SMILES string of the molecule is CC(OC(=O)c1cnn(Cc2ccccc2Cl)c1)C(=O)N(C(C)C)C(C)C. The van der Waals surface area contributed by atoms with Gasteiger partial charge in [0.15, 0.2) is 6.10 Å².